The molecule has 0 fully saturated rings. The average molecular weight is 445 g/mol. The van der Waals surface area contributed by atoms with Crippen molar-refractivity contribution >= 4 is 33.2 Å². The molecular weight excluding hydrogens is 427 g/mol. The number of carbonyl (C=O) groups excluding carboxylic acids is 2. The number of anilines is 2. The average Bonchev–Trinajstić information content (AvgIpc) is 2.60. The summed E-state index contributed by atoms with van der Waals surface area (Å²) in [6, 6.07) is 9.93. The molecule has 162 valence electrons. The van der Waals surface area contributed by atoms with E-state index in [0.29, 0.717) is 5.69 Å². The summed E-state index contributed by atoms with van der Waals surface area (Å²) >= 11 is 0. The third-order valence-corrected chi connectivity index (χ3v) is 5.42. The van der Waals surface area contributed by atoms with Gasteiger partial charge in [0.2, 0.25) is 21.8 Å². The molecule has 2 aromatic rings. The van der Waals surface area contributed by atoms with Gasteiger partial charge in [0.05, 0.1) is 11.4 Å². The van der Waals surface area contributed by atoms with Crippen molar-refractivity contribution in [3.63, 3.8) is 0 Å². The van der Waals surface area contributed by atoms with Crippen molar-refractivity contribution < 1.29 is 35.9 Å². The Labute approximate surface area is 170 Å². The molecule has 2 rings (SSSR count). The van der Waals surface area contributed by atoms with Crippen molar-refractivity contribution in [2.24, 2.45) is 0 Å². The van der Waals surface area contributed by atoms with Crippen LogP contribution in [0.15, 0.2) is 53.4 Å². The van der Waals surface area contributed by atoms with Crippen LogP contribution in [-0.4, -0.2) is 44.5 Å². The number of sulfonamides is 1. The maximum absolute atomic E-state index is 12.6. The SMILES string of the molecule is CC(=O)Nc1ccc(S(=O)(=O)N(C)CC(=O)Nc2cccc(OC(F)(F)F)c2)cc1. The molecule has 2 N–H and O–H groups in total. The first kappa shape index (κ1) is 23.2. The zero-order valence-corrected chi connectivity index (χ0v) is 16.7. The number of carbonyl (C=O) groups is 2. The summed E-state index contributed by atoms with van der Waals surface area (Å²) in [6.45, 7) is 0.724. The molecule has 12 heteroatoms. The first-order chi connectivity index (χ1) is 13.9. The van der Waals surface area contributed by atoms with Crippen molar-refractivity contribution in [2.45, 2.75) is 18.2 Å². The molecule has 0 radical (unpaired) electrons. The molecule has 0 spiro atoms. The van der Waals surface area contributed by atoms with E-state index in [1.165, 1.54) is 50.4 Å². The lowest BCUT2D eigenvalue weighted by molar-refractivity contribution is -0.274. The molecule has 30 heavy (non-hydrogen) atoms. The summed E-state index contributed by atoms with van der Waals surface area (Å²) in [6.07, 6.45) is -4.88. The van der Waals surface area contributed by atoms with Gasteiger partial charge in [-0.2, -0.15) is 4.31 Å². The molecule has 0 bridgehead atoms. The number of nitrogens with zero attached hydrogens (tertiary/aromatic N) is 1. The first-order valence-electron chi connectivity index (χ1n) is 8.36. The van der Waals surface area contributed by atoms with Crippen LogP contribution >= 0.6 is 0 Å². The lowest BCUT2D eigenvalue weighted by Gasteiger charge is -2.17. The molecule has 0 saturated carbocycles. The Balaban J connectivity index is 2.04. The maximum Gasteiger partial charge on any atom is 0.573 e. The Kier molecular flexibility index (Phi) is 7.05. The molecule has 8 nitrogen and oxygen atoms in total. The van der Waals surface area contributed by atoms with E-state index >= 15 is 0 Å². The van der Waals surface area contributed by atoms with Crippen molar-refractivity contribution in [1.29, 1.82) is 0 Å². The van der Waals surface area contributed by atoms with Crippen LogP contribution < -0.4 is 15.4 Å². The fourth-order valence-electron chi connectivity index (χ4n) is 2.35. The van der Waals surface area contributed by atoms with Crippen LogP contribution in [0.3, 0.4) is 0 Å². The molecule has 0 aliphatic rings. The molecule has 0 unspecified atom stereocenters. The van der Waals surface area contributed by atoms with E-state index in [2.05, 4.69) is 15.4 Å². The Bertz CT molecular complexity index is 1020. The van der Waals surface area contributed by atoms with E-state index in [1.54, 1.807) is 0 Å². The van der Waals surface area contributed by atoms with E-state index in [-0.39, 0.29) is 16.5 Å². The van der Waals surface area contributed by atoms with Crippen molar-refractivity contribution in [2.75, 3.05) is 24.2 Å². The molecule has 0 aromatic heterocycles. The van der Waals surface area contributed by atoms with Gasteiger partial charge in [-0.05, 0) is 36.4 Å². The van der Waals surface area contributed by atoms with Crippen molar-refractivity contribution in [3.05, 3.63) is 48.5 Å². The Hall–Kier alpha value is -3.12. The van der Waals surface area contributed by atoms with Crippen molar-refractivity contribution in [1.82, 2.24) is 4.31 Å². The minimum absolute atomic E-state index is 0.00667. The summed E-state index contributed by atoms with van der Waals surface area (Å²) < 4.78 is 66.6. The highest BCUT2D eigenvalue weighted by atomic mass is 32.2. The standard InChI is InChI=1S/C18H18F3N3O5S/c1-12(25)22-13-6-8-16(9-7-13)30(27,28)24(2)11-17(26)23-14-4-3-5-15(10-14)29-18(19,20)21/h3-10H,11H2,1-2H3,(H,22,25)(H,23,26). The van der Waals surface area contributed by atoms with E-state index in [9.17, 15) is 31.2 Å². The predicted octanol–water partition coefficient (Wildman–Crippen LogP) is 2.80. The molecule has 0 heterocycles. The fourth-order valence-corrected chi connectivity index (χ4v) is 3.48. The predicted molar refractivity (Wildman–Crippen MR) is 102 cm³/mol. The van der Waals surface area contributed by atoms with Crippen LogP contribution in [0.25, 0.3) is 0 Å². The summed E-state index contributed by atoms with van der Waals surface area (Å²) in [4.78, 5) is 23.1. The number of rotatable bonds is 7. The number of hydrogen-bond acceptors (Lipinski definition) is 5. The normalized spacial score (nSPS) is 11.8. The van der Waals surface area contributed by atoms with Crippen molar-refractivity contribution in [3.8, 4) is 5.75 Å². The molecule has 0 aliphatic carbocycles. The number of nitrogens with one attached hydrogen (secondary N) is 2. The minimum atomic E-state index is -4.88. The lowest BCUT2D eigenvalue weighted by Crippen LogP contribution is -2.35. The van der Waals surface area contributed by atoms with E-state index < -0.39 is 34.6 Å². The van der Waals surface area contributed by atoms with E-state index in [4.69, 9.17) is 0 Å². The molecule has 0 aliphatic heterocycles. The summed E-state index contributed by atoms with van der Waals surface area (Å²) in [5.41, 5.74) is 0.412. The number of halogens is 3. The smallest absolute Gasteiger partial charge is 0.406 e. The van der Waals surface area contributed by atoms with Crippen LogP contribution in [0.1, 0.15) is 6.92 Å². The number of benzene rings is 2. The van der Waals surface area contributed by atoms with Gasteiger partial charge in [0.15, 0.2) is 0 Å². The topological polar surface area (TPSA) is 105 Å². The zero-order chi connectivity index (χ0) is 22.5. The van der Waals surface area contributed by atoms with Crippen LogP contribution in [0.2, 0.25) is 0 Å². The quantitative estimate of drug-likeness (QED) is 0.682. The van der Waals surface area contributed by atoms with Gasteiger partial charge in [-0.15, -0.1) is 13.2 Å². The number of ether oxygens (including phenoxy) is 1. The first-order valence-corrected chi connectivity index (χ1v) is 9.80. The maximum atomic E-state index is 12.6. The zero-order valence-electron chi connectivity index (χ0n) is 15.9. The van der Waals surface area contributed by atoms with Crippen LogP contribution in [0.5, 0.6) is 5.75 Å². The fraction of sp³-hybridized carbons (Fsp3) is 0.222. The number of hydrogen-bond donors (Lipinski definition) is 2. The van der Waals surface area contributed by atoms with Gasteiger partial charge >= 0.3 is 6.36 Å². The number of amides is 2. The summed E-state index contributed by atoms with van der Waals surface area (Å²) in [5.74, 6) is -1.61. The Morgan fingerprint density at radius 3 is 2.23 bits per heavy atom. The van der Waals surface area contributed by atoms with Gasteiger partial charge in [0.1, 0.15) is 5.75 Å². The molecule has 0 saturated heterocycles. The number of likely N-dealkylation sites (N-methyl/N-ethyl adjacent to an activating group) is 1. The van der Waals surface area contributed by atoms with Gasteiger partial charge in [-0.1, -0.05) is 6.07 Å². The molecular formula is C18H18F3N3O5S. The second-order valence-corrected chi connectivity index (χ2v) is 8.14. The molecule has 0 atom stereocenters. The molecule has 2 amide bonds. The monoisotopic (exact) mass is 445 g/mol. The highest BCUT2D eigenvalue weighted by Crippen LogP contribution is 2.25. The van der Waals surface area contributed by atoms with Crippen LogP contribution in [0.4, 0.5) is 24.5 Å². The van der Waals surface area contributed by atoms with Crippen LogP contribution in [0, 0.1) is 0 Å². The number of alkyl halides is 3. The summed E-state index contributed by atoms with van der Waals surface area (Å²) in [5, 5.41) is 4.81. The van der Waals surface area contributed by atoms with E-state index in [0.717, 1.165) is 16.4 Å². The third kappa shape index (κ3) is 6.74. The highest BCUT2D eigenvalue weighted by molar-refractivity contribution is 7.89. The van der Waals surface area contributed by atoms with Crippen LogP contribution in [-0.2, 0) is 19.6 Å². The van der Waals surface area contributed by atoms with Gasteiger partial charge in [0, 0.05) is 31.4 Å². The largest absolute Gasteiger partial charge is 0.573 e. The minimum Gasteiger partial charge on any atom is -0.406 e. The summed E-state index contributed by atoms with van der Waals surface area (Å²) in [7, 11) is -2.84. The lowest BCUT2D eigenvalue weighted by atomic mass is 10.3. The van der Waals surface area contributed by atoms with Gasteiger partial charge in [-0.3, -0.25) is 9.59 Å². The van der Waals surface area contributed by atoms with Gasteiger partial charge in [-0.25, -0.2) is 8.42 Å². The van der Waals surface area contributed by atoms with E-state index in [1.807, 2.05) is 0 Å². The molecule has 2 aromatic carbocycles. The second kappa shape index (κ2) is 9.13. The second-order valence-electron chi connectivity index (χ2n) is 6.09. The Morgan fingerprint density at radius 1 is 1.03 bits per heavy atom. The third-order valence-electron chi connectivity index (χ3n) is 3.60. The van der Waals surface area contributed by atoms with Gasteiger partial charge in [0.25, 0.3) is 0 Å². The highest BCUT2D eigenvalue weighted by Gasteiger charge is 2.31. The Morgan fingerprint density at radius 2 is 1.67 bits per heavy atom. The van der Waals surface area contributed by atoms with Gasteiger partial charge < -0.3 is 15.4 Å².